The Hall–Kier alpha value is -1.13. The third-order valence-corrected chi connectivity index (χ3v) is 4.23. The van der Waals surface area contributed by atoms with Crippen LogP contribution >= 0.6 is 0 Å². The van der Waals surface area contributed by atoms with Crippen molar-refractivity contribution >= 4 is 5.69 Å². The van der Waals surface area contributed by atoms with Crippen LogP contribution in [0.3, 0.4) is 0 Å². The molecule has 1 aliphatic rings. The van der Waals surface area contributed by atoms with E-state index in [1.54, 1.807) is 13.2 Å². The molecule has 0 unspecified atom stereocenters. The highest BCUT2D eigenvalue weighted by atomic mass is 19.1. The number of anilines is 1. The first-order chi connectivity index (χ1) is 10.1. The lowest BCUT2D eigenvalue weighted by molar-refractivity contribution is 0.196. The molecular weight excluding hydrogens is 267 g/mol. The van der Waals surface area contributed by atoms with Gasteiger partial charge in [0, 0.05) is 32.8 Å². The molecule has 0 amide bonds. The lowest BCUT2D eigenvalue weighted by atomic mass is 9.99. The number of nitrogens with zero attached hydrogens (tertiary/aromatic N) is 1. The Morgan fingerprint density at radius 1 is 1.48 bits per heavy atom. The van der Waals surface area contributed by atoms with Crippen LogP contribution in [-0.4, -0.2) is 33.4 Å². The average molecular weight is 294 g/mol. The van der Waals surface area contributed by atoms with Crippen LogP contribution in [0.2, 0.25) is 0 Å². The molecule has 1 aliphatic heterocycles. The van der Waals surface area contributed by atoms with Crippen molar-refractivity contribution in [2.24, 2.45) is 5.92 Å². The van der Waals surface area contributed by atoms with Gasteiger partial charge >= 0.3 is 0 Å². The van der Waals surface area contributed by atoms with Crippen molar-refractivity contribution in [1.82, 2.24) is 5.32 Å². The molecule has 1 saturated heterocycles. The molecule has 1 aromatic carbocycles. The van der Waals surface area contributed by atoms with Gasteiger partial charge in [0.1, 0.15) is 5.82 Å². The van der Waals surface area contributed by atoms with Crippen molar-refractivity contribution in [1.29, 1.82) is 0 Å². The van der Waals surface area contributed by atoms with E-state index in [0.29, 0.717) is 12.5 Å². The van der Waals surface area contributed by atoms with Gasteiger partial charge in [0.15, 0.2) is 0 Å². The maximum atomic E-state index is 14.4. The van der Waals surface area contributed by atoms with Crippen molar-refractivity contribution in [3.05, 3.63) is 29.6 Å². The summed E-state index contributed by atoms with van der Waals surface area (Å²) in [4.78, 5) is 2.18. The molecule has 2 rings (SSSR count). The minimum atomic E-state index is -0.109. The van der Waals surface area contributed by atoms with Gasteiger partial charge in [-0.05, 0) is 43.4 Å². The zero-order chi connectivity index (χ0) is 15.2. The number of hydrogen-bond donors (Lipinski definition) is 1. The minimum Gasteiger partial charge on any atom is -0.383 e. The lowest BCUT2D eigenvalue weighted by Crippen LogP contribution is -2.34. The molecule has 0 radical (unpaired) electrons. The molecule has 1 aromatic rings. The van der Waals surface area contributed by atoms with E-state index in [4.69, 9.17) is 4.74 Å². The molecule has 1 N–H and O–H groups in total. The third kappa shape index (κ3) is 4.42. The number of halogens is 1. The minimum absolute atomic E-state index is 0.109. The molecule has 2 atom stereocenters. The first-order valence-corrected chi connectivity index (χ1v) is 7.88. The van der Waals surface area contributed by atoms with E-state index in [9.17, 15) is 4.39 Å². The molecule has 4 heteroatoms. The summed E-state index contributed by atoms with van der Waals surface area (Å²) in [5.74, 6) is 0.537. The molecule has 1 fully saturated rings. The molecule has 0 aromatic heterocycles. The topological polar surface area (TPSA) is 24.5 Å². The fraction of sp³-hybridized carbons (Fsp3) is 0.647. The Bertz CT molecular complexity index is 452. The fourth-order valence-corrected chi connectivity index (χ4v) is 2.95. The number of benzene rings is 1. The Kier molecular flexibility index (Phi) is 6.00. The average Bonchev–Trinajstić information content (AvgIpc) is 2.47. The van der Waals surface area contributed by atoms with E-state index in [1.165, 1.54) is 6.42 Å². The van der Waals surface area contributed by atoms with Gasteiger partial charge in [-0.2, -0.15) is 0 Å². The van der Waals surface area contributed by atoms with Crippen LogP contribution in [0.4, 0.5) is 10.1 Å². The molecule has 118 valence electrons. The number of piperidine rings is 1. The highest BCUT2D eigenvalue weighted by molar-refractivity contribution is 5.50. The monoisotopic (exact) mass is 294 g/mol. The second kappa shape index (κ2) is 7.76. The smallest absolute Gasteiger partial charge is 0.146 e. The first-order valence-electron chi connectivity index (χ1n) is 7.88. The summed E-state index contributed by atoms with van der Waals surface area (Å²) in [5, 5.41) is 3.33. The Morgan fingerprint density at radius 2 is 2.29 bits per heavy atom. The van der Waals surface area contributed by atoms with Gasteiger partial charge in [0.05, 0.1) is 12.3 Å². The van der Waals surface area contributed by atoms with Gasteiger partial charge < -0.3 is 15.0 Å². The number of ether oxygens (including phenoxy) is 1. The van der Waals surface area contributed by atoms with Crippen LogP contribution in [-0.2, 0) is 4.74 Å². The van der Waals surface area contributed by atoms with Gasteiger partial charge in [-0.25, -0.2) is 4.39 Å². The Morgan fingerprint density at radius 3 is 2.95 bits per heavy atom. The van der Waals surface area contributed by atoms with Gasteiger partial charge in [-0.1, -0.05) is 13.0 Å². The van der Waals surface area contributed by atoms with Crippen molar-refractivity contribution in [3.63, 3.8) is 0 Å². The molecule has 0 saturated carbocycles. The Balaban J connectivity index is 2.02. The van der Waals surface area contributed by atoms with Crippen molar-refractivity contribution < 1.29 is 9.13 Å². The summed E-state index contributed by atoms with van der Waals surface area (Å²) in [5.41, 5.74) is 1.73. The zero-order valence-corrected chi connectivity index (χ0v) is 13.4. The van der Waals surface area contributed by atoms with Gasteiger partial charge in [0.2, 0.25) is 0 Å². The third-order valence-electron chi connectivity index (χ3n) is 4.23. The van der Waals surface area contributed by atoms with Crippen LogP contribution < -0.4 is 10.2 Å². The highest BCUT2D eigenvalue weighted by Gasteiger charge is 2.19. The fourth-order valence-electron chi connectivity index (χ4n) is 2.95. The van der Waals surface area contributed by atoms with Crippen LogP contribution in [0, 0.1) is 11.7 Å². The van der Waals surface area contributed by atoms with Crippen LogP contribution in [0.25, 0.3) is 0 Å². The maximum Gasteiger partial charge on any atom is 0.146 e. The summed E-state index contributed by atoms with van der Waals surface area (Å²) in [6.07, 6.45) is 2.40. The summed E-state index contributed by atoms with van der Waals surface area (Å²) < 4.78 is 19.4. The van der Waals surface area contributed by atoms with Crippen LogP contribution in [0.5, 0.6) is 0 Å². The van der Waals surface area contributed by atoms with Gasteiger partial charge in [-0.3, -0.25) is 0 Å². The summed E-state index contributed by atoms with van der Waals surface area (Å²) in [6, 6.07) is 5.75. The van der Waals surface area contributed by atoms with Gasteiger partial charge in [0.25, 0.3) is 0 Å². The van der Waals surface area contributed by atoms with E-state index in [1.807, 2.05) is 19.1 Å². The lowest BCUT2D eigenvalue weighted by Gasteiger charge is -2.33. The second-order valence-electron chi connectivity index (χ2n) is 6.07. The van der Waals surface area contributed by atoms with Crippen molar-refractivity contribution in [2.45, 2.75) is 32.7 Å². The predicted octanol–water partition coefficient (Wildman–Crippen LogP) is 3.36. The van der Waals surface area contributed by atoms with E-state index < -0.39 is 0 Å². The molecule has 1 heterocycles. The van der Waals surface area contributed by atoms with Crippen LogP contribution in [0.15, 0.2) is 18.2 Å². The number of nitrogens with one attached hydrogen (secondary N) is 1. The molecular formula is C17H27FN2O. The number of rotatable bonds is 6. The maximum absolute atomic E-state index is 14.4. The van der Waals surface area contributed by atoms with Gasteiger partial charge in [-0.15, -0.1) is 0 Å². The molecule has 0 bridgehead atoms. The quantitative estimate of drug-likeness (QED) is 0.814. The van der Waals surface area contributed by atoms with E-state index in [0.717, 1.165) is 37.3 Å². The van der Waals surface area contributed by atoms with E-state index in [2.05, 4.69) is 17.1 Å². The molecule has 3 nitrogen and oxygen atoms in total. The molecule has 21 heavy (non-hydrogen) atoms. The van der Waals surface area contributed by atoms with Crippen molar-refractivity contribution in [2.75, 3.05) is 38.3 Å². The number of hydrogen-bond acceptors (Lipinski definition) is 3. The molecule has 0 aliphatic carbocycles. The largest absolute Gasteiger partial charge is 0.383 e. The second-order valence-corrected chi connectivity index (χ2v) is 6.07. The summed E-state index contributed by atoms with van der Waals surface area (Å²) in [6.45, 7) is 7.63. The zero-order valence-electron chi connectivity index (χ0n) is 13.4. The highest BCUT2D eigenvalue weighted by Crippen LogP contribution is 2.27. The SMILES string of the molecule is COCCN[C@@H](C)c1ccc(N2CCC[C@@H](C)C2)c(F)c1. The predicted molar refractivity (Wildman–Crippen MR) is 85.3 cm³/mol. The van der Waals surface area contributed by atoms with Crippen molar-refractivity contribution in [3.8, 4) is 0 Å². The van der Waals surface area contributed by atoms with E-state index >= 15 is 0 Å². The standard InChI is InChI=1S/C17H27FN2O/c1-13-5-4-9-20(12-13)17-7-6-15(11-16(17)18)14(2)19-8-10-21-3/h6-7,11,13-14,19H,4-5,8-10,12H2,1-3H3/t13-,14+/m1/s1. The summed E-state index contributed by atoms with van der Waals surface area (Å²) in [7, 11) is 1.68. The normalized spacial score (nSPS) is 20.6. The number of methoxy groups -OCH3 is 1. The summed E-state index contributed by atoms with van der Waals surface area (Å²) >= 11 is 0. The molecule has 0 spiro atoms. The van der Waals surface area contributed by atoms with E-state index in [-0.39, 0.29) is 11.9 Å². The first kappa shape index (κ1) is 16.2. The Labute approximate surface area is 127 Å². The van der Waals surface area contributed by atoms with Crippen LogP contribution in [0.1, 0.15) is 38.3 Å².